The lowest BCUT2D eigenvalue weighted by Crippen LogP contribution is -2.53. The summed E-state index contributed by atoms with van der Waals surface area (Å²) in [5.74, 6) is 2.70. The molecule has 0 bridgehead atoms. The van der Waals surface area contributed by atoms with Gasteiger partial charge in [-0.05, 0) is 56.6 Å². The summed E-state index contributed by atoms with van der Waals surface area (Å²) < 4.78 is 5.48. The van der Waals surface area contributed by atoms with Gasteiger partial charge in [0.15, 0.2) is 5.96 Å². The number of guanidine groups is 1. The molecule has 9 heteroatoms. The summed E-state index contributed by atoms with van der Waals surface area (Å²) in [6, 6.07) is 10.6. The van der Waals surface area contributed by atoms with Crippen LogP contribution in [0.15, 0.2) is 47.7 Å². The molecule has 0 radical (unpaired) electrons. The van der Waals surface area contributed by atoms with E-state index in [0.717, 1.165) is 70.0 Å². The van der Waals surface area contributed by atoms with Crippen LogP contribution in [0.25, 0.3) is 0 Å². The van der Waals surface area contributed by atoms with Crippen molar-refractivity contribution in [2.75, 3.05) is 64.4 Å². The Bertz CT molecular complexity index is 868. The average molecular weight is 566 g/mol. The van der Waals surface area contributed by atoms with Crippen molar-refractivity contribution in [1.82, 2.24) is 25.1 Å². The lowest BCUT2D eigenvalue weighted by atomic mass is 10.1. The molecular weight excluding hydrogens is 529 g/mol. The number of benzene rings is 1. The second-order valence-corrected chi connectivity index (χ2v) is 8.25. The monoisotopic (exact) mass is 565 g/mol. The highest BCUT2D eigenvalue weighted by molar-refractivity contribution is 14.0. The van der Waals surface area contributed by atoms with Gasteiger partial charge in [-0.3, -0.25) is 9.89 Å². The molecule has 8 nitrogen and oxygen atoms in total. The second-order valence-electron chi connectivity index (χ2n) is 8.25. The number of nitrogens with zero attached hydrogens (tertiary/aromatic N) is 6. The lowest BCUT2D eigenvalue weighted by molar-refractivity contribution is 0.250. The van der Waals surface area contributed by atoms with Crippen LogP contribution in [0.5, 0.6) is 5.75 Å². The Labute approximate surface area is 214 Å². The summed E-state index contributed by atoms with van der Waals surface area (Å²) in [5.41, 5.74) is 1.27. The molecule has 0 spiro atoms. The SMILES string of the molecule is CCNC(=NCC(c1cccc(OC)c1)N1CCCC1)N1CCN(c2ncccn2)CC1.I. The molecule has 2 aliphatic rings. The highest BCUT2D eigenvalue weighted by atomic mass is 127. The molecule has 0 aliphatic carbocycles. The Kier molecular flexibility index (Phi) is 9.98. The zero-order chi connectivity index (χ0) is 22.2. The molecule has 33 heavy (non-hydrogen) atoms. The molecule has 2 aliphatic heterocycles. The summed E-state index contributed by atoms with van der Waals surface area (Å²) >= 11 is 0. The quantitative estimate of drug-likeness (QED) is 0.315. The van der Waals surface area contributed by atoms with Crippen LogP contribution in [0.1, 0.15) is 31.4 Å². The topological polar surface area (TPSA) is 69.1 Å². The van der Waals surface area contributed by atoms with E-state index >= 15 is 0 Å². The first-order valence-electron chi connectivity index (χ1n) is 11.7. The van der Waals surface area contributed by atoms with Crippen molar-refractivity contribution < 1.29 is 4.74 Å². The van der Waals surface area contributed by atoms with E-state index in [2.05, 4.69) is 55.1 Å². The van der Waals surface area contributed by atoms with Crippen molar-refractivity contribution in [3.05, 3.63) is 48.3 Å². The number of nitrogens with one attached hydrogen (secondary N) is 1. The van der Waals surface area contributed by atoms with Crippen LogP contribution < -0.4 is 15.0 Å². The van der Waals surface area contributed by atoms with Crippen molar-refractivity contribution in [3.63, 3.8) is 0 Å². The Balaban J connectivity index is 0.00000306. The maximum absolute atomic E-state index is 5.48. The minimum Gasteiger partial charge on any atom is -0.497 e. The number of halogens is 1. The van der Waals surface area contributed by atoms with Crippen molar-refractivity contribution in [1.29, 1.82) is 0 Å². The van der Waals surface area contributed by atoms with Crippen LogP contribution in [-0.2, 0) is 0 Å². The molecule has 180 valence electrons. The van der Waals surface area contributed by atoms with Crippen LogP contribution in [0, 0.1) is 0 Å². The first kappa shape index (κ1) is 25.5. The molecule has 1 aromatic heterocycles. The van der Waals surface area contributed by atoms with E-state index in [0.29, 0.717) is 0 Å². The van der Waals surface area contributed by atoms with Crippen molar-refractivity contribution in [2.24, 2.45) is 4.99 Å². The van der Waals surface area contributed by atoms with Gasteiger partial charge >= 0.3 is 0 Å². The maximum Gasteiger partial charge on any atom is 0.225 e. The molecule has 2 fully saturated rings. The van der Waals surface area contributed by atoms with Crippen LogP contribution >= 0.6 is 24.0 Å². The summed E-state index contributed by atoms with van der Waals surface area (Å²) in [6.07, 6.45) is 6.12. The fourth-order valence-corrected chi connectivity index (χ4v) is 4.51. The number of hydrogen-bond donors (Lipinski definition) is 1. The summed E-state index contributed by atoms with van der Waals surface area (Å²) in [4.78, 5) is 21.1. The number of aliphatic imine (C=N–C) groups is 1. The highest BCUT2D eigenvalue weighted by Gasteiger charge is 2.25. The molecule has 4 rings (SSSR count). The first-order valence-corrected chi connectivity index (χ1v) is 11.7. The Morgan fingerprint density at radius 3 is 2.45 bits per heavy atom. The first-order chi connectivity index (χ1) is 15.8. The predicted octanol–water partition coefficient (Wildman–Crippen LogP) is 3.03. The number of rotatable bonds is 7. The van der Waals surface area contributed by atoms with Gasteiger partial charge in [0.25, 0.3) is 0 Å². The van der Waals surface area contributed by atoms with E-state index in [1.807, 2.05) is 12.1 Å². The van der Waals surface area contributed by atoms with E-state index < -0.39 is 0 Å². The van der Waals surface area contributed by atoms with E-state index in [4.69, 9.17) is 9.73 Å². The largest absolute Gasteiger partial charge is 0.497 e. The van der Waals surface area contributed by atoms with Gasteiger partial charge in [0, 0.05) is 45.1 Å². The zero-order valence-electron chi connectivity index (χ0n) is 19.7. The fraction of sp³-hybridized carbons (Fsp3) is 0.542. The van der Waals surface area contributed by atoms with Gasteiger partial charge in [-0.25, -0.2) is 9.97 Å². The molecule has 3 heterocycles. The minimum atomic E-state index is 0. The van der Waals surface area contributed by atoms with Crippen molar-refractivity contribution in [2.45, 2.75) is 25.8 Å². The van der Waals surface area contributed by atoms with Gasteiger partial charge in [0.05, 0.1) is 19.7 Å². The predicted molar refractivity (Wildman–Crippen MR) is 144 cm³/mol. The Hall–Kier alpha value is -2.14. The second kappa shape index (κ2) is 12.9. The van der Waals surface area contributed by atoms with Crippen LogP contribution in [0.2, 0.25) is 0 Å². The molecular formula is C24H36IN7O. The molecule has 1 aromatic carbocycles. The summed E-state index contributed by atoms with van der Waals surface area (Å²) in [5, 5.41) is 3.51. The molecule has 2 aromatic rings. The Morgan fingerprint density at radius 1 is 1.06 bits per heavy atom. The maximum atomic E-state index is 5.48. The number of ether oxygens (including phenoxy) is 1. The molecule has 1 unspecified atom stereocenters. The number of hydrogen-bond acceptors (Lipinski definition) is 6. The van der Waals surface area contributed by atoms with Gasteiger partial charge in [0.1, 0.15) is 5.75 Å². The van der Waals surface area contributed by atoms with Crippen LogP contribution in [-0.4, -0.2) is 85.2 Å². The molecule has 0 saturated carbocycles. The van der Waals surface area contributed by atoms with Crippen LogP contribution in [0.4, 0.5) is 5.95 Å². The standard InChI is InChI=1S/C24H35N7O.HI/c1-3-25-23(30-14-16-31(17-15-30)24-26-10-7-11-27-24)28-19-22(29-12-4-5-13-29)20-8-6-9-21(18-20)32-2;/h6-11,18,22H,3-5,12-17,19H2,1-2H3,(H,25,28);1H. The number of anilines is 1. The molecule has 0 amide bonds. The van der Waals surface area contributed by atoms with E-state index in [1.54, 1.807) is 19.5 Å². The van der Waals surface area contributed by atoms with Gasteiger partial charge in [0.2, 0.25) is 5.95 Å². The molecule has 1 atom stereocenters. The van der Waals surface area contributed by atoms with Gasteiger partial charge in [-0.15, -0.1) is 24.0 Å². The number of likely N-dealkylation sites (tertiary alicyclic amines) is 1. The van der Waals surface area contributed by atoms with Crippen molar-refractivity contribution in [3.8, 4) is 5.75 Å². The molecule has 2 saturated heterocycles. The number of methoxy groups -OCH3 is 1. The average Bonchev–Trinajstić information content (AvgIpc) is 3.39. The zero-order valence-corrected chi connectivity index (χ0v) is 22.0. The Morgan fingerprint density at radius 2 is 1.79 bits per heavy atom. The third-order valence-corrected chi connectivity index (χ3v) is 6.22. The van der Waals surface area contributed by atoms with E-state index in [9.17, 15) is 0 Å². The highest BCUT2D eigenvalue weighted by Crippen LogP contribution is 2.28. The number of aromatic nitrogens is 2. The summed E-state index contributed by atoms with van der Waals surface area (Å²) in [6.45, 7) is 9.55. The third-order valence-electron chi connectivity index (χ3n) is 6.22. The van der Waals surface area contributed by atoms with Crippen molar-refractivity contribution >= 4 is 35.9 Å². The van der Waals surface area contributed by atoms with Gasteiger partial charge < -0.3 is 19.9 Å². The fourth-order valence-electron chi connectivity index (χ4n) is 4.51. The smallest absolute Gasteiger partial charge is 0.225 e. The molecule has 1 N–H and O–H groups in total. The number of piperazine rings is 1. The van der Waals surface area contributed by atoms with E-state index in [1.165, 1.54) is 18.4 Å². The van der Waals surface area contributed by atoms with Crippen LogP contribution in [0.3, 0.4) is 0 Å². The van der Waals surface area contributed by atoms with E-state index in [-0.39, 0.29) is 30.0 Å². The van der Waals surface area contributed by atoms with Gasteiger partial charge in [-0.2, -0.15) is 0 Å². The summed E-state index contributed by atoms with van der Waals surface area (Å²) in [7, 11) is 1.73. The van der Waals surface area contributed by atoms with Gasteiger partial charge in [-0.1, -0.05) is 12.1 Å². The third kappa shape index (κ3) is 6.69. The normalized spacial score (nSPS) is 18.1. The lowest BCUT2D eigenvalue weighted by Gasteiger charge is -2.36. The minimum absolute atomic E-state index is 0.